The molecule has 0 aromatic carbocycles. The second kappa shape index (κ2) is 7.13. The molecule has 1 aliphatic rings. The first-order valence-electron chi connectivity index (χ1n) is 7.89. The van der Waals surface area contributed by atoms with Crippen LogP contribution in [0.1, 0.15) is 34.1 Å². The van der Waals surface area contributed by atoms with Gasteiger partial charge in [0, 0.05) is 37.3 Å². The van der Waals surface area contributed by atoms with Crippen LogP contribution in [-0.4, -0.2) is 46.0 Å². The predicted octanol–water partition coefficient (Wildman–Crippen LogP) is 2.23. The van der Waals surface area contributed by atoms with Crippen LogP contribution in [0, 0.1) is 11.3 Å². The Hall–Kier alpha value is -1.21. The third kappa shape index (κ3) is 4.41. The third-order valence-electron chi connectivity index (χ3n) is 4.29. The molecule has 2 rings (SSSR count). The van der Waals surface area contributed by atoms with Crippen LogP contribution in [0.25, 0.3) is 0 Å². The first kappa shape index (κ1) is 18.1. The third-order valence-corrected chi connectivity index (χ3v) is 4.70. The van der Waals surface area contributed by atoms with Gasteiger partial charge in [0.2, 0.25) is 5.91 Å². The second-order valence-corrected chi connectivity index (χ2v) is 8.01. The van der Waals surface area contributed by atoms with E-state index < -0.39 is 6.04 Å². The van der Waals surface area contributed by atoms with Gasteiger partial charge in [-0.2, -0.15) is 0 Å². The van der Waals surface area contributed by atoms with Gasteiger partial charge in [-0.1, -0.05) is 27.7 Å². The summed E-state index contributed by atoms with van der Waals surface area (Å²) in [4.78, 5) is 22.6. The second-order valence-electron chi connectivity index (χ2n) is 7.10. The zero-order chi connectivity index (χ0) is 17.2. The lowest BCUT2D eigenvalue weighted by molar-refractivity contribution is -0.139. The summed E-state index contributed by atoms with van der Waals surface area (Å²) < 4.78 is 6.76. The van der Waals surface area contributed by atoms with Crippen molar-refractivity contribution < 1.29 is 9.53 Å². The predicted molar refractivity (Wildman–Crippen MR) is 91.9 cm³/mol. The number of likely N-dealkylation sites (tertiary alicyclic amines) is 1. The number of rotatable bonds is 4. The summed E-state index contributed by atoms with van der Waals surface area (Å²) in [6.07, 6.45) is 4.02. The summed E-state index contributed by atoms with van der Waals surface area (Å²) in [7, 11) is 0. The largest absolute Gasteiger partial charge is 0.459 e. The van der Waals surface area contributed by atoms with Gasteiger partial charge >= 0.3 is 6.01 Å². The van der Waals surface area contributed by atoms with Gasteiger partial charge in [-0.15, -0.1) is 0 Å². The molecule has 2 atom stereocenters. The SMILES string of the molecule is CC(C)[C@H](N)C(=O)N1CCC(Oc2ncc(Br)cn2)C(C)(C)C1. The van der Waals surface area contributed by atoms with Gasteiger partial charge in [0.1, 0.15) is 6.10 Å². The molecule has 0 bridgehead atoms. The van der Waals surface area contributed by atoms with Gasteiger partial charge in [0.15, 0.2) is 0 Å². The van der Waals surface area contributed by atoms with Gasteiger partial charge in [0.25, 0.3) is 0 Å². The summed E-state index contributed by atoms with van der Waals surface area (Å²) in [5, 5.41) is 0. The van der Waals surface area contributed by atoms with Gasteiger partial charge < -0.3 is 15.4 Å². The van der Waals surface area contributed by atoms with E-state index in [9.17, 15) is 4.79 Å². The molecule has 0 aliphatic carbocycles. The van der Waals surface area contributed by atoms with Gasteiger partial charge in [0.05, 0.1) is 10.5 Å². The molecule has 1 aromatic rings. The van der Waals surface area contributed by atoms with E-state index in [0.29, 0.717) is 19.1 Å². The number of halogens is 1. The lowest BCUT2D eigenvalue weighted by Gasteiger charge is -2.44. The highest BCUT2D eigenvalue weighted by Crippen LogP contribution is 2.32. The number of hydrogen-bond donors (Lipinski definition) is 1. The van der Waals surface area contributed by atoms with Crippen molar-refractivity contribution in [3.05, 3.63) is 16.9 Å². The zero-order valence-electron chi connectivity index (χ0n) is 14.1. The number of carbonyl (C=O) groups excluding carboxylic acids is 1. The van der Waals surface area contributed by atoms with Crippen LogP contribution >= 0.6 is 15.9 Å². The number of amides is 1. The molecule has 1 fully saturated rings. The molecule has 1 unspecified atom stereocenters. The van der Waals surface area contributed by atoms with Crippen molar-refractivity contribution in [3.8, 4) is 6.01 Å². The van der Waals surface area contributed by atoms with Gasteiger partial charge in [-0.05, 0) is 21.8 Å². The number of piperidine rings is 1. The maximum Gasteiger partial charge on any atom is 0.316 e. The highest BCUT2D eigenvalue weighted by Gasteiger charge is 2.40. The Kier molecular flexibility index (Phi) is 5.62. The minimum absolute atomic E-state index is 0.0198. The first-order chi connectivity index (χ1) is 10.7. The molecule has 128 valence electrons. The summed E-state index contributed by atoms with van der Waals surface area (Å²) in [6, 6.07) is -0.0805. The molecule has 1 amide bonds. The average molecular weight is 385 g/mol. The van der Waals surface area contributed by atoms with E-state index in [2.05, 4.69) is 39.7 Å². The van der Waals surface area contributed by atoms with Gasteiger partial charge in [-0.25, -0.2) is 9.97 Å². The molecular weight excluding hydrogens is 360 g/mol. The molecule has 1 saturated heterocycles. The summed E-state index contributed by atoms with van der Waals surface area (Å²) in [5.74, 6) is 0.155. The standard InChI is InChI=1S/C16H25BrN4O2/c1-10(2)13(18)14(22)21-6-5-12(16(3,4)9-21)23-15-19-7-11(17)8-20-15/h7-8,10,12-13H,5-6,9,18H2,1-4H3/t12?,13-/m0/s1. The number of nitrogens with two attached hydrogens (primary N) is 1. The Morgan fingerprint density at radius 3 is 2.57 bits per heavy atom. The summed E-state index contributed by atoms with van der Waals surface area (Å²) >= 11 is 3.31. The van der Waals surface area contributed by atoms with E-state index in [1.807, 2.05) is 18.7 Å². The normalized spacial score (nSPS) is 22.0. The smallest absolute Gasteiger partial charge is 0.316 e. The Bertz CT molecular complexity index is 548. The van der Waals surface area contributed by atoms with Crippen LogP contribution in [0.5, 0.6) is 6.01 Å². The minimum atomic E-state index is -0.446. The maximum atomic E-state index is 12.5. The number of carbonyl (C=O) groups is 1. The summed E-state index contributed by atoms with van der Waals surface area (Å²) in [6.45, 7) is 9.38. The molecule has 23 heavy (non-hydrogen) atoms. The van der Waals surface area contributed by atoms with Crippen molar-refractivity contribution in [2.75, 3.05) is 13.1 Å². The van der Waals surface area contributed by atoms with Crippen molar-refractivity contribution in [3.63, 3.8) is 0 Å². The molecule has 6 nitrogen and oxygen atoms in total. The average Bonchev–Trinajstić information content (AvgIpc) is 2.49. The monoisotopic (exact) mass is 384 g/mol. The highest BCUT2D eigenvalue weighted by molar-refractivity contribution is 9.10. The Balaban J connectivity index is 2.02. The molecule has 0 spiro atoms. The van der Waals surface area contributed by atoms with Crippen molar-refractivity contribution in [2.45, 2.75) is 46.3 Å². The molecule has 1 aromatic heterocycles. The topological polar surface area (TPSA) is 81.3 Å². The lowest BCUT2D eigenvalue weighted by atomic mass is 9.80. The fraction of sp³-hybridized carbons (Fsp3) is 0.688. The molecule has 1 aliphatic heterocycles. The number of hydrogen-bond acceptors (Lipinski definition) is 5. The van der Waals surface area contributed by atoms with Crippen LogP contribution in [0.3, 0.4) is 0 Å². The fourth-order valence-corrected chi connectivity index (χ4v) is 2.93. The Morgan fingerprint density at radius 2 is 2.04 bits per heavy atom. The molecule has 0 radical (unpaired) electrons. The fourth-order valence-electron chi connectivity index (χ4n) is 2.73. The van der Waals surface area contributed by atoms with E-state index in [1.165, 1.54) is 0 Å². The van der Waals surface area contributed by atoms with Crippen LogP contribution in [0.15, 0.2) is 16.9 Å². The highest BCUT2D eigenvalue weighted by atomic mass is 79.9. The van der Waals surface area contributed by atoms with E-state index in [1.54, 1.807) is 12.4 Å². The van der Waals surface area contributed by atoms with Crippen molar-refractivity contribution in [1.82, 2.24) is 14.9 Å². The Labute approximate surface area is 145 Å². The summed E-state index contributed by atoms with van der Waals surface area (Å²) in [5.41, 5.74) is 5.81. The van der Waals surface area contributed by atoms with Crippen molar-refractivity contribution in [1.29, 1.82) is 0 Å². The minimum Gasteiger partial charge on any atom is -0.459 e. The number of aromatic nitrogens is 2. The van der Waals surface area contributed by atoms with E-state index in [-0.39, 0.29) is 23.3 Å². The van der Waals surface area contributed by atoms with Gasteiger partial charge in [-0.3, -0.25) is 4.79 Å². The van der Waals surface area contributed by atoms with Crippen LogP contribution in [-0.2, 0) is 4.79 Å². The molecule has 0 saturated carbocycles. The Morgan fingerprint density at radius 1 is 1.43 bits per heavy atom. The van der Waals surface area contributed by atoms with E-state index in [4.69, 9.17) is 10.5 Å². The van der Waals surface area contributed by atoms with E-state index >= 15 is 0 Å². The van der Waals surface area contributed by atoms with Crippen molar-refractivity contribution >= 4 is 21.8 Å². The molecule has 2 N–H and O–H groups in total. The van der Waals surface area contributed by atoms with Crippen LogP contribution in [0.2, 0.25) is 0 Å². The number of nitrogens with zero attached hydrogens (tertiary/aromatic N) is 3. The molecular formula is C16H25BrN4O2. The maximum absolute atomic E-state index is 12.5. The van der Waals surface area contributed by atoms with Crippen molar-refractivity contribution in [2.24, 2.45) is 17.1 Å². The quantitative estimate of drug-likeness (QED) is 0.860. The number of ether oxygens (including phenoxy) is 1. The molecule has 7 heteroatoms. The van der Waals surface area contributed by atoms with Crippen LogP contribution in [0.4, 0.5) is 0 Å². The molecule has 2 heterocycles. The lowest BCUT2D eigenvalue weighted by Crippen LogP contribution is -2.56. The first-order valence-corrected chi connectivity index (χ1v) is 8.68. The van der Waals surface area contributed by atoms with E-state index in [0.717, 1.165) is 10.9 Å². The van der Waals surface area contributed by atoms with Crippen LogP contribution < -0.4 is 10.5 Å². The zero-order valence-corrected chi connectivity index (χ0v) is 15.7.